The van der Waals surface area contributed by atoms with Crippen LogP contribution in [0.25, 0.3) is 10.2 Å². The zero-order chi connectivity index (χ0) is 13.3. The van der Waals surface area contributed by atoms with Gasteiger partial charge < -0.3 is 5.73 Å². The molecule has 0 fully saturated rings. The first-order valence-corrected chi connectivity index (χ1v) is 7.62. The number of nitrogens with two attached hydrogens (primary N) is 1. The van der Waals surface area contributed by atoms with E-state index in [1.54, 1.807) is 32.0 Å². The van der Waals surface area contributed by atoms with E-state index in [9.17, 15) is 8.42 Å². The van der Waals surface area contributed by atoms with Gasteiger partial charge in [0.25, 0.3) is 0 Å². The molecular formula is C10H14N4O2S2. The Balaban J connectivity index is 2.27. The van der Waals surface area contributed by atoms with Gasteiger partial charge in [0.2, 0.25) is 0 Å². The summed E-state index contributed by atoms with van der Waals surface area (Å²) in [5.41, 5.74) is 7.00. The number of rotatable bonds is 4. The molecule has 0 bridgehead atoms. The van der Waals surface area contributed by atoms with E-state index in [-0.39, 0.29) is 6.04 Å². The predicted octanol–water partition coefficient (Wildman–Crippen LogP) is 1.53. The maximum Gasteiger partial charge on any atom is 0.301 e. The number of hydrogen-bond donors (Lipinski definition) is 3. The van der Waals surface area contributed by atoms with Gasteiger partial charge in [-0.1, -0.05) is 11.3 Å². The van der Waals surface area contributed by atoms with E-state index in [1.807, 2.05) is 0 Å². The number of benzene rings is 1. The summed E-state index contributed by atoms with van der Waals surface area (Å²) in [7, 11) is -3.57. The Bertz CT molecular complexity index is 664. The molecule has 18 heavy (non-hydrogen) atoms. The van der Waals surface area contributed by atoms with E-state index in [1.165, 1.54) is 11.3 Å². The fourth-order valence-corrected chi connectivity index (χ4v) is 3.66. The Hall–Kier alpha value is -1.38. The lowest BCUT2D eigenvalue weighted by Gasteiger charge is -2.08. The molecule has 0 aliphatic carbocycles. The minimum Gasteiger partial charge on any atom is -0.399 e. The minimum atomic E-state index is -3.57. The van der Waals surface area contributed by atoms with Crippen LogP contribution in [-0.2, 0) is 10.2 Å². The average Bonchev–Trinajstić information content (AvgIpc) is 2.55. The first kappa shape index (κ1) is 13.1. The summed E-state index contributed by atoms with van der Waals surface area (Å²) in [6.45, 7) is 3.50. The molecule has 0 saturated carbocycles. The summed E-state index contributed by atoms with van der Waals surface area (Å²) in [5, 5.41) is 0.323. The van der Waals surface area contributed by atoms with Crippen LogP contribution in [0.2, 0.25) is 0 Å². The fourth-order valence-electron chi connectivity index (χ4n) is 1.44. The lowest BCUT2D eigenvalue weighted by atomic mass is 10.3. The molecule has 2 aromatic rings. The van der Waals surface area contributed by atoms with E-state index >= 15 is 0 Å². The molecular weight excluding hydrogens is 272 g/mol. The van der Waals surface area contributed by atoms with E-state index in [0.29, 0.717) is 10.8 Å². The van der Waals surface area contributed by atoms with Crippen LogP contribution < -0.4 is 15.2 Å². The highest BCUT2D eigenvalue weighted by molar-refractivity contribution is 7.91. The highest BCUT2D eigenvalue weighted by atomic mass is 32.2. The van der Waals surface area contributed by atoms with Crippen LogP contribution in [0.15, 0.2) is 18.2 Å². The predicted molar refractivity (Wildman–Crippen MR) is 74.8 cm³/mol. The van der Waals surface area contributed by atoms with Gasteiger partial charge in [0.15, 0.2) is 5.13 Å². The zero-order valence-electron chi connectivity index (χ0n) is 9.97. The summed E-state index contributed by atoms with van der Waals surface area (Å²) in [6, 6.07) is 5.08. The molecule has 0 aliphatic rings. The van der Waals surface area contributed by atoms with Crippen molar-refractivity contribution in [2.75, 3.05) is 10.5 Å². The maximum absolute atomic E-state index is 11.7. The van der Waals surface area contributed by atoms with Crippen LogP contribution in [0.5, 0.6) is 0 Å². The molecule has 1 aromatic heterocycles. The van der Waals surface area contributed by atoms with Crippen molar-refractivity contribution in [3.8, 4) is 0 Å². The zero-order valence-corrected chi connectivity index (χ0v) is 11.6. The second-order valence-electron chi connectivity index (χ2n) is 4.12. The van der Waals surface area contributed by atoms with Gasteiger partial charge in [0, 0.05) is 11.7 Å². The molecule has 0 atom stereocenters. The van der Waals surface area contributed by atoms with Crippen LogP contribution in [0.4, 0.5) is 10.8 Å². The lowest BCUT2D eigenvalue weighted by molar-refractivity contribution is 0.575. The van der Waals surface area contributed by atoms with Crippen LogP contribution in [0.1, 0.15) is 13.8 Å². The minimum absolute atomic E-state index is 0.174. The van der Waals surface area contributed by atoms with Crippen LogP contribution >= 0.6 is 11.3 Å². The molecule has 2 rings (SSSR count). The second-order valence-corrected chi connectivity index (χ2v) is 6.60. The third-order valence-electron chi connectivity index (χ3n) is 2.03. The number of nitrogen functional groups attached to an aromatic ring is 1. The Kier molecular flexibility index (Phi) is 3.42. The first-order valence-electron chi connectivity index (χ1n) is 5.32. The topological polar surface area (TPSA) is 97.1 Å². The van der Waals surface area contributed by atoms with E-state index in [0.717, 1.165) is 10.2 Å². The molecule has 0 aliphatic heterocycles. The van der Waals surface area contributed by atoms with Crippen LogP contribution in [0, 0.1) is 0 Å². The van der Waals surface area contributed by atoms with Gasteiger partial charge in [-0.3, -0.25) is 0 Å². The molecule has 1 heterocycles. The quantitative estimate of drug-likeness (QED) is 0.742. The molecule has 8 heteroatoms. The first-order chi connectivity index (χ1) is 8.35. The number of hydrogen-bond acceptors (Lipinski definition) is 5. The van der Waals surface area contributed by atoms with Crippen molar-refractivity contribution in [1.82, 2.24) is 9.71 Å². The number of thiazole rings is 1. The molecule has 0 saturated heterocycles. The molecule has 98 valence electrons. The highest BCUT2D eigenvalue weighted by Crippen LogP contribution is 2.27. The van der Waals surface area contributed by atoms with Gasteiger partial charge in [-0.05, 0) is 32.0 Å². The second kappa shape index (κ2) is 4.71. The summed E-state index contributed by atoms with van der Waals surface area (Å²) in [4.78, 5) is 4.18. The van der Waals surface area contributed by atoms with Gasteiger partial charge in [-0.25, -0.2) is 9.71 Å². The Morgan fingerprint density at radius 1 is 1.39 bits per heavy atom. The number of aromatic nitrogens is 1. The molecule has 0 amide bonds. The van der Waals surface area contributed by atoms with E-state index < -0.39 is 10.2 Å². The van der Waals surface area contributed by atoms with Gasteiger partial charge in [0.05, 0.1) is 10.2 Å². The summed E-state index contributed by atoms with van der Waals surface area (Å²) in [5.74, 6) is 0. The standard InChI is InChI=1S/C10H14N4O2S2/c1-6(2)13-18(15,16)14-10-12-8-4-3-7(11)5-9(8)17-10/h3-6,13H,11H2,1-2H3,(H,12,14). The van der Waals surface area contributed by atoms with E-state index in [4.69, 9.17) is 5.73 Å². The molecule has 1 aromatic carbocycles. The maximum atomic E-state index is 11.7. The van der Waals surface area contributed by atoms with E-state index in [2.05, 4.69) is 14.4 Å². The monoisotopic (exact) mass is 286 g/mol. The SMILES string of the molecule is CC(C)NS(=O)(=O)Nc1nc2ccc(N)cc2s1. The third-order valence-corrected chi connectivity index (χ3v) is 4.33. The third kappa shape index (κ3) is 3.09. The van der Waals surface area contributed by atoms with Crippen molar-refractivity contribution in [1.29, 1.82) is 0 Å². The number of nitrogens with zero attached hydrogens (tertiary/aromatic N) is 1. The smallest absolute Gasteiger partial charge is 0.301 e. The fraction of sp³-hybridized carbons (Fsp3) is 0.300. The molecule has 0 spiro atoms. The van der Waals surface area contributed by atoms with Gasteiger partial charge in [-0.2, -0.15) is 13.1 Å². The Morgan fingerprint density at radius 3 is 2.78 bits per heavy atom. The number of anilines is 2. The molecule has 4 N–H and O–H groups in total. The summed E-state index contributed by atoms with van der Waals surface area (Å²) in [6.07, 6.45) is 0. The van der Waals surface area contributed by atoms with Crippen molar-refractivity contribution in [3.05, 3.63) is 18.2 Å². The molecule has 0 unspecified atom stereocenters. The highest BCUT2D eigenvalue weighted by Gasteiger charge is 2.14. The van der Waals surface area contributed by atoms with Gasteiger partial charge in [0.1, 0.15) is 0 Å². The average molecular weight is 286 g/mol. The van der Waals surface area contributed by atoms with Crippen molar-refractivity contribution in [3.63, 3.8) is 0 Å². The van der Waals surface area contributed by atoms with Gasteiger partial charge >= 0.3 is 10.2 Å². The lowest BCUT2D eigenvalue weighted by Crippen LogP contribution is -2.35. The molecule has 0 radical (unpaired) electrons. The number of fused-ring (bicyclic) bond motifs is 1. The van der Waals surface area contributed by atoms with Crippen molar-refractivity contribution in [2.24, 2.45) is 0 Å². The van der Waals surface area contributed by atoms with Crippen molar-refractivity contribution < 1.29 is 8.42 Å². The normalized spacial score (nSPS) is 12.2. The van der Waals surface area contributed by atoms with Crippen LogP contribution in [-0.4, -0.2) is 19.4 Å². The van der Waals surface area contributed by atoms with Gasteiger partial charge in [-0.15, -0.1) is 0 Å². The summed E-state index contributed by atoms with van der Waals surface area (Å²) >= 11 is 1.24. The Morgan fingerprint density at radius 2 is 2.11 bits per heavy atom. The van der Waals surface area contributed by atoms with Crippen LogP contribution in [0.3, 0.4) is 0 Å². The Labute approximate surface area is 109 Å². The number of nitrogens with one attached hydrogen (secondary N) is 2. The molecule has 6 nitrogen and oxygen atoms in total. The summed E-state index contributed by atoms with van der Waals surface area (Å²) < 4.78 is 29.0. The largest absolute Gasteiger partial charge is 0.399 e. The van der Waals surface area contributed by atoms with Crippen molar-refractivity contribution in [2.45, 2.75) is 19.9 Å². The van der Waals surface area contributed by atoms with Crippen molar-refractivity contribution >= 4 is 42.6 Å².